The first kappa shape index (κ1) is 13.8. The second-order valence-electron chi connectivity index (χ2n) is 5.32. The number of carbonyl (C=O) groups excluding carboxylic acids is 1. The molecule has 5 nitrogen and oxygen atoms in total. The standard InChI is InChI=1S/C16H18N2O3/c19-13-7-3-1-5-11(13)17-15(20)9-10-16-18-12-6-2-4-8-14(12)21-16/h2,4,6,8-11,13,19H,1,3,5,7H2,(H,17,20)/b10-9+/t11-,13-/m1/s1. The predicted octanol–water partition coefficient (Wildman–Crippen LogP) is 2.26. The van der Waals surface area contributed by atoms with Gasteiger partial charge >= 0.3 is 0 Å². The van der Waals surface area contributed by atoms with Gasteiger partial charge in [-0.05, 0) is 25.0 Å². The van der Waals surface area contributed by atoms with E-state index in [2.05, 4.69) is 10.3 Å². The molecule has 0 unspecified atom stereocenters. The number of hydrogen-bond donors (Lipinski definition) is 2. The van der Waals surface area contributed by atoms with Crippen LogP contribution >= 0.6 is 0 Å². The van der Waals surface area contributed by atoms with Crippen molar-refractivity contribution in [3.63, 3.8) is 0 Å². The van der Waals surface area contributed by atoms with E-state index in [1.165, 1.54) is 6.08 Å². The molecule has 5 heteroatoms. The minimum atomic E-state index is -0.444. The SMILES string of the molecule is O=C(/C=C/c1nc2ccccc2o1)N[C@@H]1CCCC[C@H]1O. The Kier molecular flexibility index (Phi) is 4.01. The molecule has 0 bridgehead atoms. The van der Waals surface area contributed by atoms with Gasteiger partial charge in [-0.2, -0.15) is 0 Å². The summed E-state index contributed by atoms with van der Waals surface area (Å²) in [6.07, 6.45) is 6.13. The summed E-state index contributed by atoms with van der Waals surface area (Å²) >= 11 is 0. The number of nitrogens with one attached hydrogen (secondary N) is 1. The molecule has 1 heterocycles. The number of hydrogen-bond acceptors (Lipinski definition) is 4. The lowest BCUT2D eigenvalue weighted by Gasteiger charge is -2.27. The average molecular weight is 286 g/mol. The van der Waals surface area contributed by atoms with Gasteiger partial charge in [-0.25, -0.2) is 4.98 Å². The number of aliphatic hydroxyl groups is 1. The van der Waals surface area contributed by atoms with Crippen LogP contribution in [0.5, 0.6) is 0 Å². The van der Waals surface area contributed by atoms with Crippen LogP contribution in [0.25, 0.3) is 17.2 Å². The van der Waals surface area contributed by atoms with Crippen LogP contribution in [0.15, 0.2) is 34.8 Å². The smallest absolute Gasteiger partial charge is 0.244 e. The van der Waals surface area contributed by atoms with Crippen LogP contribution in [-0.2, 0) is 4.79 Å². The van der Waals surface area contributed by atoms with Gasteiger partial charge in [-0.15, -0.1) is 0 Å². The third-order valence-corrected chi connectivity index (χ3v) is 3.74. The quantitative estimate of drug-likeness (QED) is 0.849. The molecule has 0 aliphatic heterocycles. The molecule has 1 aliphatic carbocycles. The van der Waals surface area contributed by atoms with Crippen molar-refractivity contribution in [3.05, 3.63) is 36.2 Å². The molecular formula is C16H18N2O3. The maximum absolute atomic E-state index is 11.9. The van der Waals surface area contributed by atoms with E-state index in [0.29, 0.717) is 11.5 Å². The minimum absolute atomic E-state index is 0.153. The summed E-state index contributed by atoms with van der Waals surface area (Å²) in [6, 6.07) is 7.29. The number of aromatic nitrogens is 1. The number of rotatable bonds is 3. The second-order valence-corrected chi connectivity index (χ2v) is 5.32. The van der Waals surface area contributed by atoms with E-state index in [9.17, 15) is 9.90 Å². The summed E-state index contributed by atoms with van der Waals surface area (Å²) in [7, 11) is 0. The van der Waals surface area contributed by atoms with Crippen LogP contribution in [0.3, 0.4) is 0 Å². The molecule has 0 radical (unpaired) electrons. The maximum Gasteiger partial charge on any atom is 0.244 e. The first-order valence-corrected chi connectivity index (χ1v) is 7.24. The molecule has 2 aromatic rings. The van der Waals surface area contributed by atoms with E-state index >= 15 is 0 Å². The molecule has 2 N–H and O–H groups in total. The summed E-state index contributed by atoms with van der Waals surface area (Å²) in [6.45, 7) is 0. The lowest BCUT2D eigenvalue weighted by molar-refractivity contribution is -0.118. The molecular weight excluding hydrogens is 268 g/mol. The largest absolute Gasteiger partial charge is 0.437 e. The minimum Gasteiger partial charge on any atom is -0.437 e. The van der Waals surface area contributed by atoms with E-state index in [1.807, 2.05) is 24.3 Å². The first-order chi connectivity index (χ1) is 10.2. The van der Waals surface area contributed by atoms with Crippen molar-refractivity contribution in [2.45, 2.75) is 37.8 Å². The average Bonchev–Trinajstić information content (AvgIpc) is 2.90. The van der Waals surface area contributed by atoms with Gasteiger partial charge in [0.25, 0.3) is 0 Å². The van der Waals surface area contributed by atoms with Crippen LogP contribution in [0.4, 0.5) is 0 Å². The van der Waals surface area contributed by atoms with Crippen molar-refractivity contribution in [2.75, 3.05) is 0 Å². The van der Waals surface area contributed by atoms with Crippen LogP contribution in [0, 0.1) is 0 Å². The fraction of sp³-hybridized carbons (Fsp3) is 0.375. The number of nitrogens with zero attached hydrogens (tertiary/aromatic N) is 1. The lowest BCUT2D eigenvalue weighted by atomic mass is 9.92. The number of para-hydroxylation sites is 2. The molecule has 3 rings (SSSR count). The van der Waals surface area contributed by atoms with E-state index in [0.717, 1.165) is 31.2 Å². The molecule has 1 amide bonds. The number of aliphatic hydroxyl groups excluding tert-OH is 1. The van der Waals surface area contributed by atoms with Gasteiger partial charge in [0.05, 0.1) is 12.1 Å². The Bertz CT molecular complexity index is 629. The fourth-order valence-corrected chi connectivity index (χ4v) is 2.62. The van der Waals surface area contributed by atoms with Gasteiger partial charge in [0.15, 0.2) is 5.58 Å². The molecule has 21 heavy (non-hydrogen) atoms. The van der Waals surface area contributed by atoms with Gasteiger partial charge in [0.1, 0.15) is 5.52 Å². The highest BCUT2D eigenvalue weighted by atomic mass is 16.3. The van der Waals surface area contributed by atoms with Gasteiger partial charge in [0, 0.05) is 12.2 Å². The van der Waals surface area contributed by atoms with Crippen molar-refractivity contribution in [3.8, 4) is 0 Å². The van der Waals surface area contributed by atoms with Gasteiger partial charge in [-0.1, -0.05) is 25.0 Å². The summed E-state index contributed by atoms with van der Waals surface area (Å²) < 4.78 is 5.50. The zero-order valence-corrected chi connectivity index (χ0v) is 11.7. The van der Waals surface area contributed by atoms with Crippen LogP contribution in [0.2, 0.25) is 0 Å². The third kappa shape index (κ3) is 3.31. The maximum atomic E-state index is 11.9. The lowest BCUT2D eigenvalue weighted by Crippen LogP contribution is -2.44. The highest BCUT2D eigenvalue weighted by molar-refractivity contribution is 5.91. The van der Waals surface area contributed by atoms with Crippen molar-refractivity contribution in [1.82, 2.24) is 10.3 Å². The molecule has 1 fully saturated rings. The zero-order valence-electron chi connectivity index (χ0n) is 11.7. The van der Waals surface area contributed by atoms with Crippen LogP contribution < -0.4 is 5.32 Å². The molecule has 110 valence electrons. The van der Waals surface area contributed by atoms with Gasteiger partial charge < -0.3 is 14.8 Å². The van der Waals surface area contributed by atoms with E-state index < -0.39 is 6.10 Å². The highest BCUT2D eigenvalue weighted by Gasteiger charge is 2.23. The summed E-state index contributed by atoms with van der Waals surface area (Å²) in [5, 5.41) is 12.7. The zero-order chi connectivity index (χ0) is 14.7. The van der Waals surface area contributed by atoms with Crippen molar-refractivity contribution < 1.29 is 14.3 Å². The first-order valence-electron chi connectivity index (χ1n) is 7.24. The Labute approximate surface area is 122 Å². The molecule has 0 spiro atoms. The normalized spacial score (nSPS) is 22.7. The molecule has 1 aromatic heterocycles. The van der Waals surface area contributed by atoms with Crippen LogP contribution in [0.1, 0.15) is 31.6 Å². The van der Waals surface area contributed by atoms with Gasteiger partial charge in [-0.3, -0.25) is 4.79 Å². The molecule has 0 saturated heterocycles. The van der Waals surface area contributed by atoms with Gasteiger partial charge in [0.2, 0.25) is 11.8 Å². The molecule has 1 aromatic carbocycles. The second kappa shape index (κ2) is 6.10. The Morgan fingerprint density at radius 2 is 2.14 bits per heavy atom. The predicted molar refractivity (Wildman–Crippen MR) is 79.4 cm³/mol. The Hall–Kier alpha value is -2.14. The number of benzene rings is 1. The number of fused-ring (bicyclic) bond motifs is 1. The number of carbonyl (C=O) groups is 1. The number of amides is 1. The Balaban J connectivity index is 1.63. The van der Waals surface area contributed by atoms with Crippen molar-refractivity contribution >= 4 is 23.1 Å². The van der Waals surface area contributed by atoms with E-state index in [1.54, 1.807) is 6.08 Å². The monoisotopic (exact) mass is 286 g/mol. The number of oxazole rings is 1. The van der Waals surface area contributed by atoms with E-state index in [-0.39, 0.29) is 11.9 Å². The van der Waals surface area contributed by atoms with Crippen molar-refractivity contribution in [2.24, 2.45) is 0 Å². The van der Waals surface area contributed by atoms with E-state index in [4.69, 9.17) is 4.42 Å². The summed E-state index contributed by atoms with van der Waals surface area (Å²) in [5.74, 6) is 0.166. The third-order valence-electron chi connectivity index (χ3n) is 3.74. The van der Waals surface area contributed by atoms with Crippen LogP contribution in [-0.4, -0.2) is 28.1 Å². The Morgan fingerprint density at radius 3 is 2.95 bits per heavy atom. The Morgan fingerprint density at radius 1 is 1.33 bits per heavy atom. The molecule has 2 atom stereocenters. The molecule has 1 aliphatic rings. The van der Waals surface area contributed by atoms with Crippen molar-refractivity contribution in [1.29, 1.82) is 0 Å². The summed E-state index contributed by atoms with van der Waals surface area (Å²) in [4.78, 5) is 16.1. The highest BCUT2D eigenvalue weighted by Crippen LogP contribution is 2.18. The molecule has 1 saturated carbocycles. The fourth-order valence-electron chi connectivity index (χ4n) is 2.62. The topological polar surface area (TPSA) is 75.4 Å². The summed E-state index contributed by atoms with van der Waals surface area (Å²) in [5.41, 5.74) is 1.46.